The van der Waals surface area contributed by atoms with E-state index < -0.39 is 5.06 Å². The lowest BCUT2D eigenvalue weighted by Crippen LogP contribution is -2.19. The summed E-state index contributed by atoms with van der Waals surface area (Å²) in [5.74, 6) is 0.806. The molecule has 0 aliphatic rings. The van der Waals surface area contributed by atoms with Crippen molar-refractivity contribution in [1.82, 2.24) is 0 Å². The summed E-state index contributed by atoms with van der Waals surface area (Å²) in [5, 5.41) is -0.630. The van der Waals surface area contributed by atoms with E-state index in [0.29, 0.717) is 0 Å². The lowest BCUT2D eigenvalue weighted by molar-refractivity contribution is 0.199. The molecule has 1 nitrogen and oxygen atoms in total. The van der Waals surface area contributed by atoms with Crippen LogP contribution in [0, 0.1) is 6.92 Å². The van der Waals surface area contributed by atoms with Crippen molar-refractivity contribution in [3.63, 3.8) is 0 Å². The summed E-state index contributed by atoms with van der Waals surface area (Å²) in [6.45, 7) is 5.67. The second-order valence-electron chi connectivity index (χ2n) is 3.28. The first-order valence-electron chi connectivity index (χ1n) is 3.92. The van der Waals surface area contributed by atoms with Crippen LogP contribution in [0.15, 0.2) is 24.3 Å². The maximum Gasteiger partial charge on any atom is 0.176 e. The molecule has 0 aliphatic heterocycles. The molecule has 0 spiro atoms. The number of aryl methyl sites for hydroxylation is 1. The van der Waals surface area contributed by atoms with Crippen molar-refractivity contribution in [1.29, 1.82) is 0 Å². The van der Waals surface area contributed by atoms with Gasteiger partial charge < -0.3 is 4.74 Å². The van der Waals surface area contributed by atoms with Crippen molar-refractivity contribution in [3.8, 4) is 5.75 Å². The van der Waals surface area contributed by atoms with Gasteiger partial charge in [-0.2, -0.15) is 0 Å². The van der Waals surface area contributed by atoms with Gasteiger partial charge in [-0.15, -0.1) is 0 Å². The third kappa shape index (κ3) is 3.14. The highest BCUT2D eigenvalue weighted by Gasteiger charge is 2.13. The molecule has 1 aromatic carbocycles. The maximum absolute atomic E-state index is 5.89. The topological polar surface area (TPSA) is 9.23 Å². The number of hydrogen-bond donors (Lipinski definition) is 0. The first-order chi connectivity index (χ1) is 5.47. The van der Waals surface area contributed by atoms with Crippen LogP contribution in [0.2, 0.25) is 0 Å². The molecule has 0 bridgehead atoms. The van der Waals surface area contributed by atoms with Crippen LogP contribution in [0.1, 0.15) is 19.4 Å². The number of benzene rings is 1. The Morgan fingerprint density at radius 3 is 2.08 bits per heavy atom. The van der Waals surface area contributed by atoms with Crippen molar-refractivity contribution in [3.05, 3.63) is 29.8 Å². The Bertz CT molecular complexity index is 246. The Kier molecular flexibility index (Phi) is 2.63. The monoisotopic (exact) mass is 184 g/mol. The van der Waals surface area contributed by atoms with Gasteiger partial charge in [0.1, 0.15) is 5.75 Å². The molecule has 0 amide bonds. The lowest BCUT2D eigenvalue weighted by Gasteiger charge is -2.18. The average molecular weight is 185 g/mol. The summed E-state index contributed by atoms with van der Waals surface area (Å²) in [5.41, 5.74) is 1.22. The second-order valence-corrected chi connectivity index (χ2v) is 4.19. The fraction of sp³-hybridized carbons (Fsp3) is 0.400. The summed E-state index contributed by atoms with van der Waals surface area (Å²) in [6.07, 6.45) is 0. The zero-order valence-electron chi connectivity index (χ0n) is 7.60. The Labute approximate surface area is 78.3 Å². The van der Waals surface area contributed by atoms with Crippen LogP contribution in [-0.4, -0.2) is 5.06 Å². The number of hydrogen-bond acceptors (Lipinski definition) is 1. The largest absolute Gasteiger partial charge is 0.473 e. The molecule has 0 radical (unpaired) electrons. The number of rotatable bonds is 2. The van der Waals surface area contributed by atoms with Gasteiger partial charge in [0.25, 0.3) is 0 Å². The molecule has 0 aromatic heterocycles. The smallest absolute Gasteiger partial charge is 0.176 e. The first kappa shape index (κ1) is 9.40. The molecule has 0 saturated carbocycles. The molecule has 0 saturated heterocycles. The predicted molar refractivity (Wildman–Crippen MR) is 51.7 cm³/mol. The first-order valence-corrected chi connectivity index (χ1v) is 4.30. The summed E-state index contributed by atoms with van der Waals surface area (Å²) < 4.78 is 5.42. The van der Waals surface area contributed by atoms with Crippen LogP contribution >= 0.6 is 11.6 Å². The van der Waals surface area contributed by atoms with Gasteiger partial charge in [-0.1, -0.05) is 29.3 Å². The maximum atomic E-state index is 5.89. The summed E-state index contributed by atoms with van der Waals surface area (Å²) in [7, 11) is 0. The van der Waals surface area contributed by atoms with Gasteiger partial charge in [-0.25, -0.2) is 0 Å². The molecule has 0 fully saturated rings. The van der Waals surface area contributed by atoms with Gasteiger partial charge in [-0.05, 0) is 32.9 Å². The summed E-state index contributed by atoms with van der Waals surface area (Å²) in [4.78, 5) is 0. The summed E-state index contributed by atoms with van der Waals surface area (Å²) in [6, 6.07) is 7.83. The zero-order chi connectivity index (χ0) is 9.19. The zero-order valence-corrected chi connectivity index (χ0v) is 8.35. The van der Waals surface area contributed by atoms with E-state index in [4.69, 9.17) is 16.3 Å². The SMILES string of the molecule is Cc1ccc(OC(C)(C)Cl)cc1. The highest BCUT2D eigenvalue weighted by Crippen LogP contribution is 2.21. The van der Waals surface area contributed by atoms with E-state index in [0.717, 1.165) is 5.75 Å². The van der Waals surface area contributed by atoms with Crippen molar-refractivity contribution in [2.24, 2.45) is 0 Å². The second kappa shape index (κ2) is 3.36. The lowest BCUT2D eigenvalue weighted by atomic mass is 10.2. The highest BCUT2D eigenvalue weighted by molar-refractivity contribution is 6.22. The van der Waals surface area contributed by atoms with E-state index in [2.05, 4.69) is 0 Å². The Morgan fingerprint density at radius 1 is 1.17 bits per heavy atom. The minimum atomic E-state index is -0.630. The van der Waals surface area contributed by atoms with Crippen LogP contribution in [0.25, 0.3) is 0 Å². The normalized spacial score (nSPS) is 11.3. The van der Waals surface area contributed by atoms with Crippen molar-refractivity contribution >= 4 is 11.6 Å². The average Bonchev–Trinajstić information content (AvgIpc) is 1.91. The van der Waals surface area contributed by atoms with E-state index in [1.165, 1.54) is 5.56 Å². The minimum Gasteiger partial charge on any atom is -0.473 e. The van der Waals surface area contributed by atoms with Gasteiger partial charge >= 0.3 is 0 Å². The standard InChI is InChI=1S/C10H13ClO/c1-8-4-6-9(7-5-8)12-10(2,3)11/h4-7H,1-3H3. The fourth-order valence-corrected chi connectivity index (χ4v) is 0.976. The quantitative estimate of drug-likeness (QED) is 0.641. The molecule has 1 aromatic rings. The Hall–Kier alpha value is -0.690. The van der Waals surface area contributed by atoms with Crippen LogP contribution in [0.5, 0.6) is 5.75 Å². The van der Waals surface area contributed by atoms with E-state index in [1.54, 1.807) is 0 Å². The van der Waals surface area contributed by atoms with Crippen LogP contribution in [-0.2, 0) is 0 Å². The van der Waals surface area contributed by atoms with Crippen LogP contribution in [0.4, 0.5) is 0 Å². The van der Waals surface area contributed by atoms with Crippen molar-refractivity contribution in [2.75, 3.05) is 0 Å². The molecular formula is C10H13ClO. The highest BCUT2D eigenvalue weighted by atomic mass is 35.5. The molecule has 0 atom stereocenters. The molecule has 0 heterocycles. The van der Waals surface area contributed by atoms with E-state index in [1.807, 2.05) is 45.0 Å². The predicted octanol–water partition coefficient (Wildman–Crippen LogP) is 3.35. The molecular weight excluding hydrogens is 172 g/mol. The van der Waals surface area contributed by atoms with Gasteiger partial charge in [0.2, 0.25) is 0 Å². The molecule has 66 valence electrons. The molecule has 0 unspecified atom stereocenters. The molecule has 0 aliphatic carbocycles. The number of halogens is 1. The van der Waals surface area contributed by atoms with Gasteiger partial charge in [-0.3, -0.25) is 0 Å². The Morgan fingerprint density at radius 2 is 1.67 bits per heavy atom. The number of alkyl halides is 1. The third-order valence-corrected chi connectivity index (χ3v) is 1.46. The van der Waals surface area contributed by atoms with E-state index in [9.17, 15) is 0 Å². The fourth-order valence-electron chi connectivity index (χ4n) is 0.887. The number of ether oxygens (including phenoxy) is 1. The van der Waals surface area contributed by atoms with E-state index in [-0.39, 0.29) is 0 Å². The minimum absolute atomic E-state index is 0.630. The van der Waals surface area contributed by atoms with Crippen molar-refractivity contribution < 1.29 is 4.74 Å². The van der Waals surface area contributed by atoms with Gasteiger partial charge in [0.15, 0.2) is 5.06 Å². The van der Waals surface area contributed by atoms with Gasteiger partial charge in [0.05, 0.1) is 0 Å². The Balaban J connectivity index is 2.71. The van der Waals surface area contributed by atoms with Crippen LogP contribution < -0.4 is 4.74 Å². The third-order valence-electron chi connectivity index (χ3n) is 1.38. The summed E-state index contributed by atoms with van der Waals surface area (Å²) >= 11 is 5.89. The molecule has 12 heavy (non-hydrogen) atoms. The van der Waals surface area contributed by atoms with Crippen LogP contribution in [0.3, 0.4) is 0 Å². The molecule has 1 rings (SSSR count). The molecule has 0 N–H and O–H groups in total. The van der Waals surface area contributed by atoms with E-state index >= 15 is 0 Å². The van der Waals surface area contributed by atoms with Crippen molar-refractivity contribution in [2.45, 2.75) is 25.8 Å². The van der Waals surface area contributed by atoms with Gasteiger partial charge in [0, 0.05) is 0 Å². The molecule has 2 heteroatoms.